The smallest absolute Gasteiger partial charge is 0.225 e. The van der Waals surface area contributed by atoms with Gasteiger partial charge in [-0.1, -0.05) is 30.3 Å². The Morgan fingerprint density at radius 1 is 1.33 bits per heavy atom. The fourth-order valence-corrected chi connectivity index (χ4v) is 3.68. The topological polar surface area (TPSA) is 44.4 Å². The molecule has 0 aromatic heterocycles. The van der Waals surface area contributed by atoms with Crippen LogP contribution in [0.1, 0.15) is 30.9 Å². The van der Waals surface area contributed by atoms with Crippen molar-refractivity contribution < 1.29 is 4.79 Å². The first-order valence-corrected chi connectivity index (χ1v) is 7.89. The van der Waals surface area contributed by atoms with E-state index in [0.717, 1.165) is 19.4 Å². The summed E-state index contributed by atoms with van der Waals surface area (Å²) in [6, 6.07) is 11.3. The van der Waals surface area contributed by atoms with Crippen molar-refractivity contribution in [3.8, 4) is 0 Å². The normalized spacial score (nSPS) is 28.8. The SMILES string of the molecule is CN(C)CC(NC(=O)C1CC2CCC1N2)c1ccccc1. The van der Waals surface area contributed by atoms with Crippen molar-refractivity contribution in [2.45, 2.75) is 37.4 Å². The standard InChI is InChI=1S/C17H25N3O/c1-20(2)11-16(12-6-4-3-5-7-12)19-17(21)14-10-13-8-9-15(14)18-13/h3-7,13-16,18H,8-11H2,1-2H3,(H,19,21). The van der Waals surface area contributed by atoms with Gasteiger partial charge >= 0.3 is 0 Å². The molecule has 1 aromatic rings. The number of hydrogen-bond donors (Lipinski definition) is 2. The zero-order valence-corrected chi connectivity index (χ0v) is 12.9. The maximum atomic E-state index is 12.6. The Labute approximate surface area is 126 Å². The summed E-state index contributed by atoms with van der Waals surface area (Å²) in [6.07, 6.45) is 3.38. The molecular formula is C17H25N3O. The average Bonchev–Trinajstić information content (AvgIpc) is 3.09. The molecule has 4 heteroatoms. The number of amides is 1. The van der Waals surface area contributed by atoms with Gasteiger partial charge in [0.1, 0.15) is 0 Å². The van der Waals surface area contributed by atoms with E-state index >= 15 is 0 Å². The highest BCUT2D eigenvalue weighted by Gasteiger charge is 2.43. The molecule has 4 atom stereocenters. The molecule has 0 saturated carbocycles. The van der Waals surface area contributed by atoms with Crippen LogP contribution in [0.5, 0.6) is 0 Å². The number of carbonyl (C=O) groups is 1. The van der Waals surface area contributed by atoms with Crippen LogP contribution in [0.4, 0.5) is 0 Å². The molecule has 4 unspecified atom stereocenters. The molecule has 2 saturated heterocycles. The van der Waals surface area contributed by atoms with Gasteiger partial charge in [-0.15, -0.1) is 0 Å². The molecule has 2 bridgehead atoms. The summed E-state index contributed by atoms with van der Waals surface area (Å²) in [7, 11) is 4.09. The van der Waals surface area contributed by atoms with Gasteiger partial charge in [0.25, 0.3) is 0 Å². The van der Waals surface area contributed by atoms with Gasteiger partial charge in [0, 0.05) is 18.6 Å². The van der Waals surface area contributed by atoms with Gasteiger partial charge in [-0.05, 0) is 38.9 Å². The molecule has 1 amide bonds. The maximum absolute atomic E-state index is 12.6. The third-order valence-electron chi connectivity index (χ3n) is 4.70. The van der Waals surface area contributed by atoms with Gasteiger partial charge in [0.15, 0.2) is 0 Å². The van der Waals surface area contributed by atoms with Crippen LogP contribution in [0.25, 0.3) is 0 Å². The molecular weight excluding hydrogens is 262 g/mol. The quantitative estimate of drug-likeness (QED) is 0.863. The molecule has 21 heavy (non-hydrogen) atoms. The molecule has 2 N–H and O–H groups in total. The minimum atomic E-state index is 0.0628. The van der Waals surface area contributed by atoms with Crippen molar-refractivity contribution in [3.63, 3.8) is 0 Å². The zero-order valence-electron chi connectivity index (χ0n) is 12.9. The van der Waals surface area contributed by atoms with Gasteiger partial charge in [-0.3, -0.25) is 4.79 Å². The van der Waals surface area contributed by atoms with Crippen LogP contribution in [0.2, 0.25) is 0 Å². The number of rotatable bonds is 5. The van der Waals surface area contributed by atoms with E-state index < -0.39 is 0 Å². The average molecular weight is 287 g/mol. The molecule has 1 aromatic carbocycles. The Bertz CT molecular complexity index is 488. The van der Waals surface area contributed by atoms with Gasteiger partial charge in [-0.2, -0.15) is 0 Å². The van der Waals surface area contributed by atoms with Crippen molar-refractivity contribution in [3.05, 3.63) is 35.9 Å². The van der Waals surface area contributed by atoms with E-state index in [1.165, 1.54) is 12.0 Å². The predicted octanol–water partition coefficient (Wildman–Crippen LogP) is 1.55. The van der Waals surface area contributed by atoms with Gasteiger partial charge in [-0.25, -0.2) is 0 Å². The van der Waals surface area contributed by atoms with E-state index in [1.807, 2.05) is 32.3 Å². The van der Waals surface area contributed by atoms with E-state index in [4.69, 9.17) is 0 Å². The Morgan fingerprint density at radius 2 is 2.10 bits per heavy atom. The first-order valence-electron chi connectivity index (χ1n) is 7.89. The highest BCUT2D eigenvalue weighted by atomic mass is 16.2. The van der Waals surface area contributed by atoms with E-state index in [2.05, 4.69) is 27.7 Å². The Morgan fingerprint density at radius 3 is 2.67 bits per heavy atom. The molecule has 4 nitrogen and oxygen atoms in total. The number of nitrogens with zero attached hydrogens (tertiary/aromatic N) is 1. The Hall–Kier alpha value is -1.39. The number of hydrogen-bond acceptors (Lipinski definition) is 3. The number of benzene rings is 1. The lowest BCUT2D eigenvalue weighted by Crippen LogP contribution is -2.42. The predicted molar refractivity (Wildman–Crippen MR) is 83.9 cm³/mol. The second kappa shape index (κ2) is 6.16. The van der Waals surface area contributed by atoms with E-state index in [9.17, 15) is 4.79 Å². The van der Waals surface area contributed by atoms with Crippen LogP contribution < -0.4 is 10.6 Å². The summed E-state index contributed by atoms with van der Waals surface area (Å²) in [5.74, 6) is 0.363. The summed E-state index contributed by atoms with van der Waals surface area (Å²) >= 11 is 0. The summed E-state index contributed by atoms with van der Waals surface area (Å²) in [6.45, 7) is 0.823. The van der Waals surface area contributed by atoms with Crippen molar-refractivity contribution in [1.82, 2.24) is 15.5 Å². The summed E-state index contributed by atoms with van der Waals surface area (Å²) in [4.78, 5) is 14.8. The maximum Gasteiger partial charge on any atom is 0.225 e. The Balaban J connectivity index is 1.68. The van der Waals surface area contributed by atoms with Crippen molar-refractivity contribution >= 4 is 5.91 Å². The monoisotopic (exact) mass is 287 g/mol. The second-order valence-electron chi connectivity index (χ2n) is 6.62. The molecule has 2 fully saturated rings. The highest BCUT2D eigenvalue weighted by molar-refractivity contribution is 5.80. The fraction of sp³-hybridized carbons (Fsp3) is 0.588. The lowest BCUT2D eigenvalue weighted by Gasteiger charge is -2.26. The van der Waals surface area contributed by atoms with Gasteiger partial charge < -0.3 is 15.5 Å². The number of likely N-dealkylation sites (N-methyl/N-ethyl adjacent to an activating group) is 1. The Kier molecular flexibility index (Phi) is 4.27. The van der Waals surface area contributed by atoms with Crippen molar-refractivity contribution in [2.75, 3.05) is 20.6 Å². The minimum Gasteiger partial charge on any atom is -0.348 e. The zero-order chi connectivity index (χ0) is 14.8. The van der Waals surface area contributed by atoms with E-state index in [0.29, 0.717) is 12.1 Å². The van der Waals surface area contributed by atoms with Crippen molar-refractivity contribution in [2.24, 2.45) is 5.92 Å². The summed E-state index contributed by atoms with van der Waals surface area (Å²) < 4.78 is 0. The van der Waals surface area contributed by atoms with Crippen LogP contribution in [0, 0.1) is 5.92 Å². The van der Waals surface area contributed by atoms with Crippen LogP contribution in [0.15, 0.2) is 30.3 Å². The molecule has 0 spiro atoms. The van der Waals surface area contributed by atoms with Crippen LogP contribution >= 0.6 is 0 Å². The van der Waals surface area contributed by atoms with Crippen LogP contribution in [-0.4, -0.2) is 43.5 Å². The van der Waals surface area contributed by atoms with E-state index in [1.54, 1.807) is 0 Å². The second-order valence-corrected chi connectivity index (χ2v) is 6.62. The fourth-order valence-electron chi connectivity index (χ4n) is 3.68. The third-order valence-corrected chi connectivity index (χ3v) is 4.70. The number of nitrogens with one attached hydrogen (secondary N) is 2. The first kappa shape index (κ1) is 14.5. The van der Waals surface area contributed by atoms with Gasteiger partial charge in [0.2, 0.25) is 5.91 Å². The minimum absolute atomic E-state index is 0.0628. The molecule has 0 radical (unpaired) electrons. The molecule has 2 heterocycles. The molecule has 0 aliphatic carbocycles. The van der Waals surface area contributed by atoms with Crippen LogP contribution in [-0.2, 0) is 4.79 Å². The molecule has 114 valence electrons. The van der Waals surface area contributed by atoms with E-state index in [-0.39, 0.29) is 17.9 Å². The van der Waals surface area contributed by atoms with Crippen LogP contribution in [0.3, 0.4) is 0 Å². The lowest BCUT2D eigenvalue weighted by molar-refractivity contribution is -0.126. The number of fused-ring (bicyclic) bond motifs is 2. The molecule has 2 aliphatic heterocycles. The summed E-state index contributed by atoms with van der Waals surface area (Å²) in [5.41, 5.74) is 1.18. The number of carbonyl (C=O) groups excluding carboxylic acids is 1. The first-order chi connectivity index (χ1) is 10.1. The summed E-state index contributed by atoms with van der Waals surface area (Å²) in [5, 5.41) is 6.81. The highest BCUT2D eigenvalue weighted by Crippen LogP contribution is 2.33. The third kappa shape index (κ3) is 3.27. The van der Waals surface area contributed by atoms with Crippen molar-refractivity contribution in [1.29, 1.82) is 0 Å². The lowest BCUT2D eigenvalue weighted by atomic mass is 9.88. The largest absolute Gasteiger partial charge is 0.348 e. The molecule has 2 aliphatic rings. The molecule has 3 rings (SSSR count). The van der Waals surface area contributed by atoms with Gasteiger partial charge in [0.05, 0.1) is 12.0 Å².